The number of carbonyl (C=O) groups is 1. The first-order valence-corrected chi connectivity index (χ1v) is 12.0. The van der Waals surface area contributed by atoms with Crippen LogP contribution in [-0.4, -0.2) is 51.1 Å². The summed E-state index contributed by atoms with van der Waals surface area (Å²) in [5.74, 6) is 1.01. The quantitative estimate of drug-likeness (QED) is 0.467. The van der Waals surface area contributed by atoms with E-state index in [4.69, 9.17) is 20.4 Å². The summed E-state index contributed by atoms with van der Waals surface area (Å²) in [6.07, 6.45) is 0.851. The Balaban J connectivity index is 1.47. The number of hydrogen-bond donors (Lipinski definition) is 2. The van der Waals surface area contributed by atoms with Gasteiger partial charge in [0.2, 0.25) is 11.9 Å². The number of morpholine rings is 1. The Morgan fingerprint density at radius 2 is 2.03 bits per heavy atom. The Labute approximate surface area is 203 Å². The molecule has 1 fully saturated rings. The summed E-state index contributed by atoms with van der Waals surface area (Å²) in [4.78, 5) is 24.6. The highest BCUT2D eigenvalue weighted by Crippen LogP contribution is 2.32. The highest BCUT2D eigenvalue weighted by Gasteiger charge is 2.32. The van der Waals surface area contributed by atoms with E-state index in [0.717, 1.165) is 66.4 Å². The van der Waals surface area contributed by atoms with E-state index in [1.807, 2.05) is 47.9 Å². The van der Waals surface area contributed by atoms with Crippen molar-refractivity contribution in [2.75, 3.05) is 25.1 Å². The molecule has 0 saturated carbocycles. The normalized spacial score (nSPS) is 17.7. The number of nitrogens with one attached hydrogen (secondary N) is 1. The average Bonchev–Trinajstić information content (AvgIpc) is 3.22. The van der Waals surface area contributed by atoms with Gasteiger partial charge in [-0.15, -0.1) is 0 Å². The van der Waals surface area contributed by atoms with Gasteiger partial charge in [-0.25, -0.2) is 4.98 Å². The largest absolute Gasteiger partial charge is 0.378 e. The SMILES string of the molecule is Cc1cc2c(C(N)=O)cccc2n1-c1nc2c(c(NCc3ccccc3)n1)CC1COCCN1C2. The molecule has 2 aliphatic heterocycles. The predicted octanol–water partition coefficient (Wildman–Crippen LogP) is 3.20. The molecule has 4 heterocycles. The Kier molecular flexibility index (Phi) is 5.47. The molecule has 0 aliphatic carbocycles. The molecule has 2 aromatic carbocycles. The van der Waals surface area contributed by atoms with Crippen LogP contribution in [0.1, 0.15) is 32.9 Å². The van der Waals surface area contributed by atoms with Crippen molar-refractivity contribution in [2.24, 2.45) is 5.73 Å². The minimum absolute atomic E-state index is 0.343. The van der Waals surface area contributed by atoms with Crippen molar-refractivity contribution in [1.82, 2.24) is 19.4 Å². The highest BCUT2D eigenvalue weighted by molar-refractivity contribution is 6.06. The summed E-state index contributed by atoms with van der Waals surface area (Å²) in [7, 11) is 0. The first-order valence-electron chi connectivity index (χ1n) is 12.0. The van der Waals surface area contributed by atoms with E-state index in [9.17, 15) is 4.79 Å². The maximum absolute atomic E-state index is 12.0. The van der Waals surface area contributed by atoms with Gasteiger partial charge in [0, 0.05) is 47.9 Å². The van der Waals surface area contributed by atoms with Gasteiger partial charge >= 0.3 is 0 Å². The molecule has 0 spiro atoms. The van der Waals surface area contributed by atoms with Crippen molar-refractivity contribution in [3.8, 4) is 5.95 Å². The highest BCUT2D eigenvalue weighted by atomic mass is 16.5. The van der Waals surface area contributed by atoms with Gasteiger partial charge in [-0.05, 0) is 37.1 Å². The zero-order valence-corrected chi connectivity index (χ0v) is 19.7. The molecule has 178 valence electrons. The molecule has 1 unspecified atom stereocenters. The zero-order valence-electron chi connectivity index (χ0n) is 19.7. The van der Waals surface area contributed by atoms with Crippen molar-refractivity contribution in [2.45, 2.75) is 32.5 Å². The number of primary amides is 1. The van der Waals surface area contributed by atoms with E-state index in [-0.39, 0.29) is 0 Å². The van der Waals surface area contributed by atoms with E-state index < -0.39 is 5.91 Å². The second-order valence-electron chi connectivity index (χ2n) is 9.26. The van der Waals surface area contributed by atoms with Crippen LogP contribution in [0.2, 0.25) is 0 Å². The Morgan fingerprint density at radius 3 is 2.86 bits per heavy atom. The van der Waals surface area contributed by atoms with Gasteiger partial charge < -0.3 is 15.8 Å². The van der Waals surface area contributed by atoms with Crippen molar-refractivity contribution < 1.29 is 9.53 Å². The van der Waals surface area contributed by atoms with Gasteiger partial charge in [-0.1, -0.05) is 36.4 Å². The standard InChI is InChI=1S/C27H28N6O2/c1-17-12-21-20(25(28)34)8-5-9-24(21)33(17)27-30-23-15-32-10-11-35-16-19(32)13-22(23)26(31-27)29-14-18-6-3-2-4-7-18/h2-9,12,19H,10-11,13-16H2,1H3,(H2,28,34)(H,29,30,31). The third-order valence-electron chi connectivity index (χ3n) is 7.02. The number of rotatable bonds is 5. The average molecular weight is 469 g/mol. The van der Waals surface area contributed by atoms with Crippen LogP contribution in [0, 0.1) is 6.92 Å². The number of fused-ring (bicyclic) bond motifs is 3. The molecular weight excluding hydrogens is 440 g/mol. The van der Waals surface area contributed by atoms with Crippen LogP contribution in [-0.2, 0) is 24.2 Å². The number of nitrogens with two attached hydrogens (primary N) is 1. The third-order valence-corrected chi connectivity index (χ3v) is 7.02. The van der Waals surface area contributed by atoms with Crippen molar-refractivity contribution in [1.29, 1.82) is 0 Å². The van der Waals surface area contributed by atoms with Crippen LogP contribution < -0.4 is 11.1 Å². The molecule has 1 atom stereocenters. The molecule has 2 aromatic heterocycles. The molecule has 3 N–H and O–H groups in total. The van der Waals surface area contributed by atoms with Gasteiger partial charge in [0.1, 0.15) is 5.82 Å². The fraction of sp³-hybridized carbons (Fsp3) is 0.296. The first-order chi connectivity index (χ1) is 17.1. The monoisotopic (exact) mass is 468 g/mol. The number of anilines is 1. The minimum atomic E-state index is -0.442. The number of aryl methyl sites for hydroxylation is 1. The second-order valence-corrected chi connectivity index (χ2v) is 9.26. The molecule has 8 nitrogen and oxygen atoms in total. The topological polar surface area (TPSA) is 98.3 Å². The number of amides is 1. The van der Waals surface area contributed by atoms with Crippen LogP contribution in [0.25, 0.3) is 16.9 Å². The molecule has 4 aromatic rings. The molecule has 0 bridgehead atoms. The minimum Gasteiger partial charge on any atom is -0.378 e. The van der Waals surface area contributed by atoms with Gasteiger partial charge in [0.05, 0.1) is 24.4 Å². The third kappa shape index (κ3) is 3.94. The van der Waals surface area contributed by atoms with Crippen LogP contribution in [0.15, 0.2) is 54.6 Å². The van der Waals surface area contributed by atoms with E-state index >= 15 is 0 Å². The summed E-state index contributed by atoms with van der Waals surface area (Å²) in [6, 6.07) is 18.2. The lowest BCUT2D eigenvalue weighted by Gasteiger charge is -2.39. The fourth-order valence-electron chi connectivity index (χ4n) is 5.25. The van der Waals surface area contributed by atoms with Crippen LogP contribution in [0.5, 0.6) is 0 Å². The molecule has 6 rings (SSSR count). The first kappa shape index (κ1) is 21.8. The Bertz CT molecular complexity index is 1410. The van der Waals surface area contributed by atoms with Crippen molar-refractivity contribution in [3.63, 3.8) is 0 Å². The van der Waals surface area contributed by atoms with Crippen LogP contribution in [0.3, 0.4) is 0 Å². The zero-order chi connectivity index (χ0) is 23.9. The smallest absolute Gasteiger partial charge is 0.249 e. The molecule has 0 radical (unpaired) electrons. The van der Waals surface area contributed by atoms with Crippen molar-refractivity contribution in [3.05, 3.63) is 82.7 Å². The summed E-state index contributed by atoms with van der Waals surface area (Å²) < 4.78 is 7.77. The fourth-order valence-corrected chi connectivity index (χ4v) is 5.25. The van der Waals surface area contributed by atoms with Crippen molar-refractivity contribution >= 4 is 22.6 Å². The van der Waals surface area contributed by atoms with Gasteiger partial charge in [-0.3, -0.25) is 14.3 Å². The number of carbonyl (C=O) groups excluding carboxylic acids is 1. The maximum Gasteiger partial charge on any atom is 0.249 e. The van der Waals surface area contributed by atoms with E-state index in [0.29, 0.717) is 24.1 Å². The second kappa shape index (κ2) is 8.79. The number of nitrogens with zero attached hydrogens (tertiary/aromatic N) is 4. The predicted molar refractivity (Wildman–Crippen MR) is 135 cm³/mol. The lowest BCUT2D eigenvalue weighted by molar-refractivity contribution is -0.0171. The molecule has 35 heavy (non-hydrogen) atoms. The number of aromatic nitrogens is 3. The Hall–Kier alpha value is -3.75. The van der Waals surface area contributed by atoms with Crippen LogP contribution >= 0.6 is 0 Å². The summed E-state index contributed by atoms with van der Waals surface area (Å²) in [5, 5.41) is 4.40. The van der Waals surface area contributed by atoms with Gasteiger partial charge in [-0.2, -0.15) is 4.98 Å². The molecule has 1 saturated heterocycles. The molecular formula is C27H28N6O2. The lowest BCUT2D eigenvalue weighted by atomic mass is 9.97. The summed E-state index contributed by atoms with van der Waals surface area (Å²) in [6.45, 7) is 5.83. The number of ether oxygens (including phenoxy) is 1. The summed E-state index contributed by atoms with van der Waals surface area (Å²) >= 11 is 0. The van der Waals surface area contributed by atoms with Gasteiger partial charge in [0.15, 0.2) is 0 Å². The van der Waals surface area contributed by atoms with Gasteiger partial charge in [0.25, 0.3) is 0 Å². The van der Waals surface area contributed by atoms with E-state index in [1.165, 1.54) is 5.56 Å². The maximum atomic E-state index is 12.0. The molecule has 1 amide bonds. The molecule has 2 aliphatic rings. The van der Waals surface area contributed by atoms with E-state index in [1.54, 1.807) is 6.07 Å². The Morgan fingerprint density at radius 1 is 1.17 bits per heavy atom. The van der Waals surface area contributed by atoms with E-state index in [2.05, 4.69) is 22.3 Å². The molecule has 8 heteroatoms. The lowest BCUT2D eigenvalue weighted by Crippen LogP contribution is -2.49. The number of hydrogen-bond acceptors (Lipinski definition) is 6. The number of benzene rings is 2. The summed E-state index contributed by atoms with van der Waals surface area (Å²) in [5.41, 5.74) is 11.3. The van der Waals surface area contributed by atoms with Crippen LogP contribution in [0.4, 0.5) is 5.82 Å².